The number of nitrogens with one attached hydrogen (secondary N) is 2. The van der Waals surface area contributed by atoms with E-state index in [1.165, 1.54) is 19.1 Å². The van der Waals surface area contributed by atoms with Crippen LogP contribution in [0, 0.1) is 5.92 Å². The third-order valence-corrected chi connectivity index (χ3v) is 4.00. The molecule has 3 rings (SSSR count). The number of hydrogen-bond acceptors (Lipinski definition) is 4. The van der Waals surface area contributed by atoms with Gasteiger partial charge in [-0.3, -0.25) is 4.79 Å². The maximum atomic E-state index is 11.9. The molecule has 2 N–H and O–H groups in total. The molecule has 0 aromatic carbocycles. The van der Waals surface area contributed by atoms with Gasteiger partial charge >= 0.3 is 0 Å². The van der Waals surface area contributed by atoms with Crippen molar-refractivity contribution in [3.8, 4) is 0 Å². The van der Waals surface area contributed by atoms with Gasteiger partial charge in [0, 0.05) is 24.6 Å². The maximum absolute atomic E-state index is 11.9. The van der Waals surface area contributed by atoms with Crippen LogP contribution in [0.4, 0.5) is 0 Å². The minimum atomic E-state index is 0.129. The van der Waals surface area contributed by atoms with Crippen molar-refractivity contribution in [3.63, 3.8) is 0 Å². The van der Waals surface area contributed by atoms with E-state index in [0.717, 1.165) is 18.5 Å². The third-order valence-electron chi connectivity index (χ3n) is 4.00. The van der Waals surface area contributed by atoms with Crippen LogP contribution in [0.2, 0.25) is 0 Å². The van der Waals surface area contributed by atoms with Crippen LogP contribution in [0.5, 0.6) is 0 Å². The molecule has 1 aromatic heterocycles. The van der Waals surface area contributed by atoms with Crippen molar-refractivity contribution >= 4 is 5.91 Å². The van der Waals surface area contributed by atoms with Gasteiger partial charge in [0.15, 0.2) is 0 Å². The molecule has 1 aromatic rings. The molecule has 3 heterocycles. The standard InChI is InChI=1S/C13H19N3O2/c17-13(14-8-12-3-4-18-16-12)7-9-5-10-1-2-11(6-9)15-10/h3-4,9-11,15H,1-2,5-8H2,(H,14,17). The number of nitrogens with zero attached hydrogens (tertiary/aromatic N) is 1. The Kier molecular flexibility index (Phi) is 3.32. The van der Waals surface area contributed by atoms with Crippen molar-refractivity contribution in [2.24, 2.45) is 5.92 Å². The second-order valence-corrected chi connectivity index (χ2v) is 5.45. The van der Waals surface area contributed by atoms with Crippen LogP contribution in [-0.4, -0.2) is 23.1 Å². The van der Waals surface area contributed by atoms with Gasteiger partial charge in [-0.2, -0.15) is 0 Å². The number of amides is 1. The fourth-order valence-electron chi connectivity index (χ4n) is 3.19. The van der Waals surface area contributed by atoms with Crippen molar-refractivity contribution in [1.82, 2.24) is 15.8 Å². The molecular formula is C13H19N3O2. The summed E-state index contributed by atoms with van der Waals surface area (Å²) in [7, 11) is 0. The van der Waals surface area contributed by atoms with Crippen LogP contribution >= 0.6 is 0 Å². The molecule has 2 aliphatic rings. The molecule has 2 atom stereocenters. The number of fused-ring (bicyclic) bond motifs is 2. The first-order valence-electron chi connectivity index (χ1n) is 6.71. The Hall–Kier alpha value is -1.36. The number of carbonyl (C=O) groups is 1. The number of carbonyl (C=O) groups excluding carboxylic acids is 1. The summed E-state index contributed by atoms with van der Waals surface area (Å²) in [6.07, 6.45) is 7.02. The number of rotatable bonds is 4. The van der Waals surface area contributed by atoms with E-state index >= 15 is 0 Å². The van der Waals surface area contributed by atoms with Gasteiger partial charge in [0.25, 0.3) is 0 Å². The molecule has 0 aliphatic carbocycles. The van der Waals surface area contributed by atoms with Crippen LogP contribution in [-0.2, 0) is 11.3 Å². The molecule has 2 bridgehead atoms. The lowest BCUT2D eigenvalue weighted by atomic mass is 9.89. The fourth-order valence-corrected chi connectivity index (χ4v) is 3.19. The lowest BCUT2D eigenvalue weighted by Gasteiger charge is -2.28. The molecule has 2 fully saturated rings. The molecule has 18 heavy (non-hydrogen) atoms. The summed E-state index contributed by atoms with van der Waals surface area (Å²) in [5, 5.41) is 10.3. The van der Waals surface area contributed by atoms with Crippen LogP contribution in [0.25, 0.3) is 0 Å². The predicted octanol–water partition coefficient (Wildman–Crippen LogP) is 1.21. The van der Waals surface area contributed by atoms with E-state index in [4.69, 9.17) is 4.52 Å². The second kappa shape index (κ2) is 5.10. The minimum Gasteiger partial charge on any atom is -0.364 e. The predicted molar refractivity (Wildman–Crippen MR) is 65.6 cm³/mol. The van der Waals surface area contributed by atoms with E-state index in [-0.39, 0.29) is 5.91 Å². The average Bonchev–Trinajstić information content (AvgIpc) is 2.97. The highest BCUT2D eigenvalue weighted by Crippen LogP contribution is 2.32. The summed E-state index contributed by atoms with van der Waals surface area (Å²) in [4.78, 5) is 11.9. The van der Waals surface area contributed by atoms with Gasteiger partial charge in [-0.1, -0.05) is 5.16 Å². The lowest BCUT2D eigenvalue weighted by Crippen LogP contribution is -2.39. The minimum absolute atomic E-state index is 0.129. The average molecular weight is 249 g/mol. The van der Waals surface area contributed by atoms with Crippen molar-refractivity contribution < 1.29 is 9.32 Å². The van der Waals surface area contributed by atoms with Crippen molar-refractivity contribution in [2.45, 2.75) is 50.7 Å². The fraction of sp³-hybridized carbons (Fsp3) is 0.692. The number of piperidine rings is 1. The first kappa shape index (κ1) is 11.7. The van der Waals surface area contributed by atoms with E-state index in [0.29, 0.717) is 31.0 Å². The topological polar surface area (TPSA) is 67.2 Å². The Morgan fingerprint density at radius 3 is 2.89 bits per heavy atom. The largest absolute Gasteiger partial charge is 0.364 e. The zero-order valence-corrected chi connectivity index (χ0v) is 10.4. The summed E-state index contributed by atoms with van der Waals surface area (Å²) in [5.41, 5.74) is 0.772. The molecule has 2 unspecified atom stereocenters. The van der Waals surface area contributed by atoms with Crippen LogP contribution in [0.15, 0.2) is 16.9 Å². The Balaban J connectivity index is 1.43. The lowest BCUT2D eigenvalue weighted by molar-refractivity contribution is -0.122. The van der Waals surface area contributed by atoms with E-state index in [9.17, 15) is 4.79 Å². The van der Waals surface area contributed by atoms with Crippen molar-refractivity contribution in [2.75, 3.05) is 0 Å². The molecule has 98 valence electrons. The summed E-state index contributed by atoms with van der Waals surface area (Å²) in [5.74, 6) is 0.672. The smallest absolute Gasteiger partial charge is 0.220 e. The Labute approximate surface area is 106 Å². The van der Waals surface area contributed by atoms with E-state index < -0.39 is 0 Å². The molecule has 5 heteroatoms. The number of hydrogen-bond donors (Lipinski definition) is 2. The van der Waals surface area contributed by atoms with Gasteiger partial charge in [-0.15, -0.1) is 0 Å². The van der Waals surface area contributed by atoms with Crippen molar-refractivity contribution in [3.05, 3.63) is 18.0 Å². The monoisotopic (exact) mass is 249 g/mol. The molecule has 0 saturated carbocycles. The summed E-state index contributed by atoms with van der Waals surface area (Å²) in [6.45, 7) is 0.465. The van der Waals surface area contributed by atoms with Gasteiger partial charge < -0.3 is 15.2 Å². The normalized spacial score (nSPS) is 30.3. The Bertz CT molecular complexity index is 392. The molecule has 0 radical (unpaired) electrons. The molecule has 0 spiro atoms. The summed E-state index contributed by atoms with van der Waals surface area (Å²) in [6, 6.07) is 3.07. The molecule has 2 saturated heterocycles. The van der Waals surface area contributed by atoms with E-state index in [2.05, 4.69) is 15.8 Å². The zero-order valence-electron chi connectivity index (χ0n) is 10.4. The van der Waals surface area contributed by atoms with Gasteiger partial charge in [-0.25, -0.2) is 0 Å². The molecule has 2 aliphatic heterocycles. The summed E-state index contributed by atoms with van der Waals surface area (Å²) < 4.78 is 4.72. The first-order valence-corrected chi connectivity index (χ1v) is 6.71. The quantitative estimate of drug-likeness (QED) is 0.841. The third kappa shape index (κ3) is 2.72. The molecule has 5 nitrogen and oxygen atoms in total. The number of aromatic nitrogens is 1. The summed E-state index contributed by atoms with van der Waals surface area (Å²) >= 11 is 0. The molecular weight excluding hydrogens is 230 g/mol. The highest BCUT2D eigenvalue weighted by Gasteiger charge is 2.34. The highest BCUT2D eigenvalue weighted by molar-refractivity contribution is 5.76. The second-order valence-electron chi connectivity index (χ2n) is 5.45. The highest BCUT2D eigenvalue weighted by atomic mass is 16.5. The maximum Gasteiger partial charge on any atom is 0.220 e. The van der Waals surface area contributed by atoms with Gasteiger partial charge in [0.2, 0.25) is 5.91 Å². The zero-order chi connectivity index (χ0) is 12.4. The van der Waals surface area contributed by atoms with Crippen LogP contribution in [0.3, 0.4) is 0 Å². The van der Waals surface area contributed by atoms with Gasteiger partial charge in [0.05, 0.1) is 6.54 Å². The Morgan fingerprint density at radius 2 is 2.22 bits per heavy atom. The van der Waals surface area contributed by atoms with Gasteiger partial charge in [0.1, 0.15) is 12.0 Å². The first-order chi connectivity index (χ1) is 8.79. The molecule has 1 amide bonds. The van der Waals surface area contributed by atoms with E-state index in [1.54, 1.807) is 6.07 Å². The van der Waals surface area contributed by atoms with Crippen LogP contribution in [0.1, 0.15) is 37.8 Å². The van der Waals surface area contributed by atoms with Crippen molar-refractivity contribution in [1.29, 1.82) is 0 Å². The Morgan fingerprint density at radius 1 is 1.44 bits per heavy atom. The SMILES string of the molecule is O=C(CC1CC2CCC(C1)N2)NCc1ccon1. The van der Waals surface area contributed by atoms with E-state index in [1.807, 2.05) is 0 Å². The van der Waals surface area contributed by atoms with Gasteiger partial charge in [-0.05, 0) is 31.6 Å². The van der Waals surface area contributed by atoms with Crippen LogP contribution < -0.4 is 10.6 Å².